The van der Waals surface area contributed by atoms with Gasteiger partial charge >= 0.3 is 5.97 Å². The van der Waals surface area contributed by atoms with Gasteiger partial charge in [0.25, 0.3) is 0 Å². The summed E-state index contributed by atoms with van der Waals surface area (Å²) in [6, 6.07) is 6.63. The molecular formula is C14H19Br2NO5S. The molecule has 0 saturated heterocycles. The number of anilines is 1. The first kappa shape index (κ1) is 20.2. The average molecular weight is 473 g/mol. The molecular weight excluding hydrogens is 454 g/mol. The molecule has 0 fully saturated rings. The molecule has 0 aliphatic rings. The quantitative estimate of drug-likeness (QED) is 0.408. The molecule has 0 saturated carbocycles. The first-order chi connectivity index (χ1) is 10.8. The van der Waals surface area contributed by atoms with Crippen LogP contribution in [-0.2, 0) is 19.6 Å². The number of hydrogen-bond acceptors (Lipinski definition) is 5. The summed E-state index contributed by atoms with van der Waals surface area (Å²) >= 11 is 6.79. The monoisotopic (exact) mass is 471 g/mol. The van der Waals surface area contributed by atoms with E-state index >= 15 is 0 Å². The van der Waals surface area contributed by atoms with Crippen LogP contribution in [0.3, 0.4) is 0 Å². The number of alkyl halides is 2. The van der Waals surface area contributed by atoms with Gasteiger partial charge in [0, 0.05) is 16.7 Å². The van der Waals surface area contributed by atoms with E-state index in [1.54, 1.807) is 24.3 Å². The van der Waals surface area contributed by atoms with Crippen molar-refractivity contribution >= 4 is 53.5 Å². The Morgan fingerprint density at radius 3 is 2.35 bits per heavy atom. The summed E-state index contributed by atoms with van der Waals surface area (Å²) < 4.78 is 35.8. The molecule has 1 atom stereocenters. The largest absolute Gasteiger partial charge is 0.497 e. The zero-order valence-electron chi connectivity index (χ0n) is 12.9. The van der Waals surface area contributed by atoms with E-state index in [4.69, 9.17) is 4.74 Å². The number of nitrogens with zero attached hydrogens (tertiary/aromatic N) is 1. The van der Waals surface area contributed by atoms with Crippen molar-refractivity contribution in [3.05, 3.63) is 24.3 Å². The minimum atomic E-state index is -3.83. The van der Waals surface area contributed by atoms with E-state index in [0.717, 1.165) is 7.11 Å². The third-order valence-electron chi connectivity index (χ3n) is 3.04. The molecule has 130 valence electrons. The molecule has 1 aromatic carbocycles. The van der Waals surface area contributed by atoms with Crippen molar-refractivity contribution in [1.82, 2.24) is 0 Å². The maximum atomic E-state index is 12.5. The van der Waals surface area contributed by atoms with Crippen LogP contribution in [0.25, 0.3) is 0 Å². The van der Waals surface area contributed by atoms with Gasteiger partial charge in [-0.05, 0) is 30.7 Å². The molecule has 0 radical (unpaired) electrons. The van der Waals surface area contributed by atoms with Gasteiger partial charge in [0.2, 0.25) is 10.0 Å². The van der Waals surface area contributed by atoms with Gasteiger partial charge in [-0.3, -0.25) is 9.10 Å². The molecule has 0 spiro atoms. The van der Waals surface area contributed by atoms with Crippen molar-refractivity contribution in [3.63, 3.8) is 0 Å². The molecule has 0 amide bonds. The molecule has 0 aliphatic heterocycles. The van der Waals surface area contributed by atoms with Gasteiger partial charge in [0.1, 0.15) is 5.75 Å². The van der Waals surface area contributed by atoms with E-state index in [-0.39, 0.29) is 11.4 Å². The highest BCUT2D eigenvalue weighted by molar-refractivity contribution is 9.12. The molecule has 1 unspecified atom stereocenters. The third-order valence-corrected chi connectivity index (χ3v) is 7.13. The SMILES string of the molecule is COC(=O)CS(=O)(=O)N(CCC(Br)CBr)c1ccc(OC)cc1. The lowest BCUT2D eigenvalue weighted by Crippen LogP contribution is -2.37. The normalized spacial score (nSPS) is 12.5. The minimum Gasteiger partial charge on any atom is -0.497 e. The predicted molar refractivity (Wildman–Crippen MR) is 97.3 cm³/mol. The molecule has 23 heavy (non-hydrogen) atoms. The summed E-state index contributed by atoms with van der Waals surface area (Å²) in [5, 5.41) is 0.695. The Morgan fingerprint density at radius 2 is 1.87 bits per heavy atom. The summed E-state index contributed by atoms with van der Waals surface area (Å²) in [7, 11) is -1.13. The van der Waals surface area contributed by atoms with Crippen LogP contribution in [0.5, 0.6) is 5.75 Å². The van der Waals surface area contributed by atoms with E-state index in [9.17, 15) is 13.2 Å². The number of carbonyl (C=O) groups excluding carboxylic acids is 1. The van der Waals surface area contributed by atoms with Crippen LogP contribution in [0.1, 0.15) is 6.42 Å². The van der Waals surface area contributed by atoms with Crippen molar-refractivity contribution in [2.24, 2.45) is 0 Å². The van der Waals surface area contributed by atoms with Crippen molar-refractivity contribution in [2.45, 2.75) is 11.2 Å². The summed E-state index contributed by atoms with van der Waals surface area (Å²) in [4.78, 5) is 11.5. The van der Waals surface area contributed by atoms with Crippen LogP contribution >= 0.6 is 31.9 Å². The Labute approximate surface area is 153 Å². The maximum absolute atomic E-state index is 12.5. The Balaban J connectivity index is 3.06. The number of sulfonamides is 1. The Morgan fingerprint density at radius 1 is 1.26 bits per heavy atom. The maximum Gasteiger partial charge on any atom is 0.322 e. The molecule has 0 aromatic heterocycles. The molecule has 1 rings (SSSR count). The first-order valence-corrected chi connectivity index (χ1v) is 10.4. The number of halogens is 2. The summed E-state index contributed by atoms with van der Waals surface area (Å²) in [5.41, 5.74) is 0.476. The van der Waals surface area contributed by atoms with Crippen molar-refractivity contribution in [2.75, 3.05) is 36.2 Å². The van der Waals surface area contributed by atoms with Gasteiger partial charge < -0.3 is 9.47 Å². The molecule has 6 nitrogen and oxygen atoms in total. The minimum absolute atomic E-state index is 0.122. The zero-order chi connectivity index (χ0) is 17.5. The summed E-state index contributed by atoms with van der Waals surface area (Å²) in [6.45, 7) is 0.243. The first-order valence-electron chi connectivity index (χ1n) is 6.75. The number of methoxy groups -OCH3 is 2. The van der Waals surface area contributed by atoms with Gasteiger partial charge in [0.15, 0.2) is 5.75 Å². The summed E-state index contributed by atoms with van der Waals surface area (Å²) in [5.74, 6) is -0.867. The van der Waals surface area contributed by atoms with E-state index in [1.807, 2.05) is 0 Å². The van der Waals surface area contributed by atoms with Gasteiger partial charge in [0.05, 0.1) is 19.9 Å². The Hall–Kier alpha value is -0.800. The Kier molecular flexibility index (Phi) is 8.35. The van der Waals surface area contributed by atoms with Crippen LogP contribution in [-0.4, -0.2) is 51.1 Å². The highest BCUT2D eigenvalue weighted by Gasteiger charge is 2.26. The molecule has 1 aromatic rings. The lowest BCUT2D eigenvalue weighted by molar-refractivity contribution is -0.137. The summed E-state index contributed by atoms with van der Waals surface area (Å²) in [6.07, 6.45) is 0.581. The molecule has 0 N–H and O–H groups in total. The molecule has 0 aliphatic carbocycles. The van der Waals surface area contributed by atoms with Crippen LogP contribution < -0.4 is 9.04 Å². The number of ether oxygens (including phenoxy) is 2. The second kappa shape index (κ2) is 9.48. The fourth-order valence-corrected chi connectivity index (χ4v) is 3.72. The van der Waals surface area contributed by atoms with Crippen molar-refractivity contribution in [3.8, 4) is 5.75 Å². The van der Waals surface area contributed by atoms with Crippen LogP contribution in [0.15, 0.2) is 24.3 Å². The van der Waals surface area contributed by atoms with E-state index in [1.165, 1.54) is 11.4 Å². The van der Waals surface area contributed by atoms with Gasteiger partial charge in [-0.15, -0.1) is 0 Å². The van der Waals surface area contributed by atoms with Crippen molar-refractivity contribution < 1.29 is 22.7 Å². The average Bonchev–Trinajstić information content (AvgIpc) is 2.54. The highest BCUT2D eigenvalue weighted by Crippen LogP contribution is 2.23. The van der Waals surface area contributed by atoms with Crippen molar-refractivity contribution in [1.29, 1.82) is 0 Å². The second-order valence-corrected chi connectivity index (χ2v) is 8.48. The standard InChI is InChI=1S/C14H19Br2NO5S/c1-21-13-5-3-12(4-6-13)17(8-7-11(16)9-15)23(19,20)10-14(18)22-2/h3-6,11H,7-10H2,1-2H3. The van der Waals surface area contributed by atoms with Crippen LogP contribution in [0.4, 0.5) is 5.69 Å². The lowest BCUT2D eigenvalue weighted by Gasteiger charge is -2.25. The van der Waals surface area contributed by atoms with E-state index in [2.05, 4.69) is 36.6 Å². The number of carbonyl (C=O) groups is 1. The van der Waals surface area contributed by atoms with Gasteiger partial charge in [-0.25, -0.2) is 8.42 Å². The van der Waals surface area contributed by atoms with E-state index < -0.39 is 21.7 Å². The molecule has 0 heterocycles. The number of hydrogen-bond donors (Lipinski definition) is 0. The number of benzene rings is 1. The molecule has 0 bridgehead atoms. The molecule has 9 heteroatoms. The zero-order valence-corrected chi connectivity index (χ0v) is 16.9. The van der Waals surface area contributed by atoms with Crippen LogP contribution in [0.2, 0.25) is 0 Å². The van der Waals surface area contributed by atoms with Gasteiger partial charge in [-0.1, -0.05) is 31.9 Å². The smallest absolute Gasteiger partial charge is 0.322 e. The predicted octanol–water partition coefficient (Wildman–Crippen LogP) is 2.55. The topological polar surface area (TPSA) is 72.9 Å². The fourth-order valence-electron chi connectivity index (χ4n) is 1.80. The number of rotatable bonds is 9. The highest BCUT2D eigenvalue weighted by atomic mass is 79.9. The van der Waals surface area contributed by atoms with Crippen LogP contribution in [0, 0.1) is 0 Å². The lowest BCUT2D eigenvalue weighted by atomic mass is 10.3. The second-order valence-electron chi connectivity index (χ2n) is 4.64. The van der Waals surface area contributed by atoms with E-state index in [0.29, 0.717) is 23.2 Å². The third kappa shape index (κ3) is 6.31. The number of esters is 1. The fraction of sp³-hybridized carbons (Fsp3) is 0.500. The van der Waals surface area contributed by atoms with Gasteiger partial charge in [-0.2, -0.15) is 0 Å². The Bertz CT molecular complexity index is 606.